The lowest BCUT2D eigenvalue weighted by molar-refractivity contribution is -0.119. The summed E-state index contributed by atoms with van der Waals surface area (Å²) in [6, 6.07) is 16.7. The van der Waals surface area contributed by atoms with Crippen LogP contribution in [-0.2, 0) is 19.6 Å². The number of nitrogens with one attached hydrogen (secondary N) is 1. The summed E-state index contributed by atoms with van der Waals surface area (Å²) in [5, 5.41) is 4.32. The van der Waals surface area contributed by atoms with E-state index in [2.05, 4.69) is 5.32 Å². The first kappa shape index (κ1) is 21.8. The van der Waals surface area contributed by atoms with Crippen LogP contribution in [0.25, 0.3) is 10.8 Å². The minimum absolute atomic E-state index is 0.176. The second kappa shape index (κ2) is 8.97. The highest BCUT2D eigenvalue weighted by atomic mass is 32.2. The highest BCUT2D eigenvalue weighted by Gasteiger charge is 2.27. The van der Waals surface area contributed by atoms with Crippen LogP contribution < -0.4 is 11.1 Å². The number of fused-ring (bicyclic) bond motifs is 1. The van der Waals surface area contributed by atoms with E-state index in [0.717, 1.165) is 23.6 Å². The lowest BCUT2D eigenvalue weighted by atomic mass is 10.1. The van der Waals surface area contributed by atoms with Gasteiger partial charge in [-0.2, -0.15) is 4.31 Å². The summed E-state index contributed by atoms with van der Waals surface area (Å²) in [4.78, 5) is 24.8. The molecule has 9 heteroatoms. The van der Waals surface area contributed by atoms with Crippen LogP contribution in [0.1, 0.15) is 23.2 Å². The van der Waals surface area contributed by atoms with E-state index in [1.165, 1.54) is 28.6 Å². The topological polar surface area (TPSA) is 119 Å². The Bertz CT molecular complexity index is 1270. The van der Waals surface area contributed by atoms with Crippen molar-refractivity contribution >= 4 is 44.0 Å². The van der Waals surface area contributed by atoms with E-state index in [9.17, 15) is 18.0 Å². The van der Waals surface area contributed by atoms with E-state index in [-0.39, 0.29) is 16.1 Å². The molecule has 4 rings (SSSR count). The zero-order valence-corrected chi connectivity index (χ0v) is 18.1. The number of nitrogen functional groups attached to an aromatic ring is 1. The highest BCUT2D eigenvalue weighted by Crippen LogP contribution is 2.23. The molecule has 0 atom stereocenters. The summed E-state index contributed by atoms with van der Waals surface area (Å²) >= 11 is 0. The lowest BCUT2D eigenvalue weighted by Crippen LogP contribution is -2.27. The van der Waals surface area contributed by atoms with Crippen molar-refractivity contribution in [3.8, 4) is 0 Å². The maximum atomic E-state index is 12.6. The number of benzene rings is 3. The first-order chi connectivity index (χ1) is 15.3. The van der Waals surface area contributed by atoms with Gasteiger partial charge in [-0.25, -0.2) is 13.2 Å². The predicted molar refractivity (Wildman–Crippen MR) is 122 cm³/mol. The van der Waals surface area contributed by atoms with Crippen molar-refractivity contribution < 1.29 is 22.7 Å². The molecule has 1 aliphatic rings. The number of nitrogens with zero attached hydrogens (tertiary/aromatic N) is 1. The van der Waals surface area contributed by atoms with Crippen LogP contribution in [0.3, 0.4) is 0 Å². The van der Waals surface area contributed by atoms with Crippen molar-refractivity contribution in [1.29, 1.82) is 0 Å². The van der Waals surface area contributed by atoms with Gasteiger partial charge in [0.15, 0.2) is 6.61 Å². The number of rotatable bonds is 6. The number of carbonyl (C=O) groups excluding carboxylic acids is 2. The molecule has 3 N–H and O–H groups in total. The highest BCUT2D eigenvalue weighted by molar-refractivity contribution is 7.89. The van der Waals surface area contributed by atoms with Gasteiger partial charge in [0.25, 0.3) is 5.91 Å². The molecule has 0 unspecified atom stereocenters. The molecule has 166 valence electrons. The number of anilines is 2. The lowest BCUT2D eigenvalue weighted by Gasteiger charge is -2.15. The second-order valence-electron chi connectivity index (χ2n) is 7.55. The Morgan fingerprint density at radius 1 is 0.969 bits per heavy atom. The number of carbonyl (C=O) groups is 2. The van der Waals surface area contributed by atoms with Crippen molar-refractivity contribution in [2.75, 3.05) is 30.7 Å². The average Bonchev–Trinajstić information content (AvgIpc) is 3.33. The van der Waals surface area contributed by atoms with E-state index in [4.69, 9.17) is 10.5 Å². The quantitative estimate of drug-likeness (QED) is 0.437. The van der Waals surface area contributed by atoms with E-state index < -0.39 is 28.5 Å². The first-order valence-electron chi connectivity index (χ1n) is 10.2. The molecule has 8 nitrogen and oxygen atoms in total. The minimum atomic E-state index is -3.52. The molecule has 32 heavy (non-hydrogen) atoms. The predicted octanol–water partition coefficient (Wildman–Crippen LogP) is 3.00. The fourth-order valence-corrected chi connectivity index (χ4v) is 5.15. The molecular weight excluding hydrogens is 430 g/mol. The van der Waals surface area contributed by atoms with Gasteiger partial charge >= 0.3 is 5.97 Å². The molecule has 3 aromatic rings. The van der Waals surface area contributed by atoms with Gasteiger partial charge < -0.3 is 15.8 Å². The van der Waals surface area contributed by atoms with Gasteiger partial charge in [0.1, 0.15) is 0 Å². The molecule has 1 aliphatic heterocycles. The van der Waals surface area contributed by atoms with Crippen LogP contribution in [0.5, 0.6) is 0 Å². The van der Waals surface area contributed by atoms with Crippen molar-refractivity contribution in [2.24, 2.45) is 0 Å². The Kier molecular flexibility index (Phi) is 6.11. The Balaban J connectivity index is 1.36. The average molecular weight is 454 g/mol. The molecule has 1 fully saturated rings. The van der Waals surface area contributed by atoms with E-state index in [0.29, 0.717) is 18.8 Å². The molecule has 0 radical (unpaired) electrons. The number of hydrogen-bond acceptors (Lipinski definition) is 6. The third-order valence-corrected chi connectivity index (χ3v) is 7.23. The summed E-state index contributed by atoms with van der Waals surface area (Å²) in [7, 11) is -3.52. The summed E-state index contributed by atoms with van der Waals surface area (Å²) < 4.78 is 31.7. The van der Waals surface area contributed by atoms with Gasteiger partial charge in [-0.1, -0.05) is 24.3 Å². The van der Waals surface area contributed by atoms with Gasteiger partial charge in [0.2, 0.25) is 10.0 Å². The summed E-state index contributed by atoms with van der Waals surface area (Å²) in [6.45, 7) is 0.542. The van der Waals surface area contributed by atoms with Crippen LogP contribution in [0.15, 0.2) is 65.6 Å². The number of esters is 1. The number of sulfonamides is 1. The van der Waals surface area contributed by atoms with Crippen LogP contribution in [0.4, 0.5) is 11.4 Å². The third kappa shape index (κ3) is 4.58. The maximum Gasteiger partial charge on any atom is 0.340 e. The SMILES string of the molecule is Nc1cc2ccccc2cc1C(=O)OCC(=O)Nc1ccc(S(=O)(=O)N2CCCC2)cc1. The summed E-state index contributed by atoms with van der Waals surface area (Å²) in [5.41, 5.74) is 6.81. The van der Waals surface area contributed by atoms with Crippen molar-refractivity contribution in [3.05, 3.63) is 66.2 Å². The molecule has 0 aliphatic carbocycles. The number of hydrogen-bond donors (Lipinski definition) is 2. The number of amides is 1. The zero-order chi connectivity index (χ0) is 22.7. The Morgan fingerprint density at radius 3 is 2.25 bits per heavy atom. The van der Waals surface area contributed by atoms with Gasteiger partial charge in [0, 0.05) is 24.5 Å². The first-order valence-corrected chi connectivity index (χ1v) is 11.6. The van der Waals surface area contributed by atoms with Crippen LogP contribution in [-0.4, -0.2) is 44.3 Å². The molecule has 1 amide bonds. The monoisotopic (exact) mass is 453 g/mol. The molecule has 0 spiro atoms. The van der Waals surface area contributed by atoms with Crippen LogP contribution in [0.2, 0.25) is 0 Å². The second-order valence-corrected chi connectivity index (χ2v) is 9.48. The Hall–Kier alpha value is -3.43. The maximum absolute atomic E-state index is 12.6. The fourth-order valence-electron chi connectivity index (χ4n) is 3.63. The third-order valence-electron chi connectivity index (χ3n) is 5.31. The van der Waals surface area contributed by atoms with Crippen LogP contribution >= 0.6 is 0 Å². The summed E-state index contributed by atoms with van der Waals surface area (Å²) in [6.07, 6.45) is 1.72. The van der Waals surface area contributed by atoms with Crippen molar-refractivity contribution in [1.82, 2.24) is 4.31 Å². The smallest absolute Gasteiger partial charge is 0.340 e. The molecule has 3 aromatic carbocycles. The number of ether oxygens (including phenoxy) is 1. The van der Waals surface area contributed by atoms with Gasteiger partial charge in [-0.3, -0.25) is 4.79 Å². The molecule has 0 saturated carbocycles. The van der Waals surface area contributed by atoms with Gasteiger partial charge in [0.05, 0.1) is 10.5 Å². The molecule has 1 heterocycles. The van der Waals surface area contributed by atoms with Crippen molar-refractivity contribution in [2.45, 2.75) is 17.7 Å². The number of nitrogens with two attached hydrogens (primary N) is 1. The Labute approximate surface area is 186 Å². The largest absolute Gasteiger partial charge is 0.452 e. The van der Waals surface area contributed by atoms with E-state index in [1.807, 2.05) is 24.3 Å². The van der Waals surface area contributed by atoms with E-state index in [1.54, 1.807) is 12.1 Å². The summed E-state index contributed by atoms with van der Waals surface area (Å²) in [5.74, 6) is -1.25. The minimum Gasteiger partial charge on any atom is -0.452 e. The van der Waals surface area contributed by atoms with Crippen molar-refractivity contribution in [3.63, 3.8) is 0 Å². The fraction of sp³-hybridized carbons (Fsp3) is 0.217. The van der Waals surface area contributed by atoms with Gasteiger partial charge in [-0.05, 0) is 60.0 Å². The molecule has 1 saturated heterocycles. The molecule has 0 aromatic heterocycles. The standard InChI is InChI=1S/C23H23N3O5S/c24-21-14-17-6-2-1-5-16(17)13-20(21)23(28)31-15-22(27)25-18-7-9-19(10-8-18)32(29,30)26-11-3-4-12-26/h1-2,5-10,13-14H,3-4,11-12,15,24H2,(H,25,27). The molecule has 0 bridgehead atoms. The van der Waals surface area contributed by atoms with Crippen LogP contribution in [0, 0.1) is 0 Å². The zero-order valence-electron chi connectivity index (χ0n) is 17.3. The van der Waals surface area contributed by atoms with Gasteiger partial charge in [-0.15, -0.1) is 0 Å². The Morgan fingerprint density at radius 2 is 1.59 bits per heavy atom. The normalized spacial score (nSPS) is 14.4. The molecular formula is C23H23N3O5S. The van der Waals surface area contributed by atoms with E-state index >= 15 is 0 Å².